The SMILES string of the molecule is Cc1cc(C(F)(F)F)nn1CCC(N)=S. The lowest BCUT2D eigenvalue weighted by Gasteiger charge is -2.03. The van der Waals surface area contributed by atoms with Crippen LogP contribution in [0.4, 0.5) is 13.2 Å². The number of nitrogens with zero attached hydrogens (tertiary/aromatic N) is 2. The molecule has 0 aliphatic rings. The Hall–Kier alpha value is -1.11. The minimum Gasteiger partial charge on any atom is -0.393 e. The summed E-state index contributed by atoms with van der Waals surface area (Å²) in [6, 6.07) is 1.000. The normalized spacial score (nSPS) is 11.7. The first kappa shape index (κ1) is 12.0. The van der Waals surface area contributed by atoms with Gasteiger partial charge in [0.2, 0.25) is 0 Å². The van der Waals surface area contributed by atoms with Crippen LogP contribution in [0.1, 0.15) is 17.8 Å². The molecule has 84 valence electrons. The molecular weight excluding hydrogens is 227 g/mol. The van der Waals surface area contributed by atoms with Crippen LogP contribution in [0.3, 0.4) is 0 Å². The molecule has 0 unspecified atom stereocenters. The first-order chi connectivity index (χ1) is 6.80. The summed E-state index contributed by atoms with van der Waals surface area (Å²) in [7, 11) is 0. The molecule has 0 atom stereocenters. The van der Waals surface area contributed by atoms with Crippen molar-refractivity contribution in [3.8, 4) is 0 Å². The summed E-state index contributed by atoms with van der Waals surface area (Å²) in [4.78, 5) is 0.262. The summed E-state index contributed by atoms with van der Waals surface area (Å²) in [6.07, 6.45) is -4.06. The van der Waals surface area contributed by atoms with E-state index in [1.54, 1.807) is 6.92 Å². The summed E-state index contributed by atoms with van der Waals surface area (Å²) in [5.74, 6) is 0. The van der Waals surface area contributed by atoms with Crippen LogP contribution in [0.5, 0.6) is 0 Å². The van der Waals surface area contributed by atoms with Crippen molar-refractivity contribution in [2.75, 3.05) is 0 Å². The van der Waals surface area contributed by atoms with Crippen LogP contribution >= 0.6 is 12.2 Å². The van der Waals surface area contributed by atoms with Gasteiger partial charge in [-0.25, -0.2) is 0 Å². The van der Waals surface area contributed by atoms with Gasteiger partial charge in [-0.2, -0.15) is 18.3 Å². The Bertz CT molecular complexity index is 370. The first-order valence-corrected chi connectivity index (χ1v) is 4.61. The highest BCUT2D eigenvalue weighted by Crippen LogP contribution is 2.28. The van der Waals surface area contributed by atoms with Gasteiger partial charge < -0.3 is 5.73 Å². The molecule has 0 aliphatic carbocycles. The lowest BCUT2D eigenvalue weighted by Crippen LogP contribution is -2.14. The van der Waals surface area contributed by atoms with Crippen LogP contribution in [0.15, 0.2) is 6.07 Å². The van der Waals surface area contributed by atoms with Crippen LogP contribution < -0.4 is 5.73 Å². The molecule has 0 amide bonds. The van der Waals surface area contributed by atoms with Gasteiger partial charge in [-0.3, -0.25) is 4.68 Å². The molecule has 0 fully saturated rings. The van der Waals surface area contributed by atoms with Crippen molar-refractivity contribution in [1.82, 2.24) is 9.78 Å². The first-order valence-electron chi connectivity index (χ1n) is 4.20. The lowest BCUT2D eigenvalue weighted by atomic mass is 10.3. The molecule has 0 aliphatic heterocycles. The second-order valence-corrected chi connectivity index (χ2v) is 3.63. The number of halogens is 3. The van der Waals surface area contributed by atoms with Gasteiger partial charge in [-0.15, -0.1) is 0 Å². The number of hydrogen-bond donors (Lipinski definition) is 1. The van der Waals surface area contributed by atoms with E-state index < -0.39 is 11.9 Å². The summed E-state index contributed by atoms with van der Waals surface area (Å²) < 4.78 is 38.0. The van der Waals surface area contributed by atoms with Crippen molar-refractivity contribution >= 4 is 17.2 Å². The van der Waals surface area contributed by atoms with Gasteiger partial charge in [-0.05, 0) is 13.0 Å². The topological polar surface area (TPSA) is 43.8 Å². The zero-order valence-electron chi connectivity index (χ0n) is 8.01. The van der Waals surface area contributed by atoms with Crippen LogP contribution in [-0.2, 0) is 12.7 Å². The van der Waals surface area contributed by atoms with Crippen molar-refractivity contribution in [3.63, 3.8) is 0 Å². The van der Waals surface area contributed by atoms with Crippen molar-refractivity contribution < 1.29 is 13.2 Å². The average Bonchev–Trinajstić information content (AvgIpc) is 2.42. The molecule has 0 radical (unpaired) electrons. The molecular formula is C8H10F3N3S. The summed E-state index contributed by atoms with van der Waals surface area (Å²) >= 11 is 4.63. The Balaban J connectivity index is 2.82. The van der Waals surface area contributed by atoms with Crippen molar-refractivity contribution in [2.45, 2.75) is 26.1 Å². The zero-order chi connectivity index (χ0) is 11.6. The van der Waals surface area contributed by atoms with E-state index in [2.05, 4.69) is 17.3 Å². The van der Waals surface area contributed by atoms with Crippen LogP contribution in [0.25, 0.3) is 0 Å². The van der Waals surface area contributed by atoms with Gasteiger partial charge in [0, 0.05) is 18.7 Å². The standard InChI is InChI=1S/C8H10F3N3S/c1-5-4-6(8(9,10)11)13-14(5)3-2-7(12)15/h4H,2-3H2,1H3,(H2,12,15). The molecule has 7 heteroatoms. The summed E-state index contributed by atoms with van der Waals surface area (Å²) in [6.45, 7) is 1.83. The van der Waals surface area contributed by atoms with Gasteiger partial charge in [0.15, 0.2) is 5.69 Å². The van der Waals surface area contributed by atoms with E-state index in [4.69, 9.17) is 5.73 Å². The summed E-state index contributed by atoms with van der Waals surface area (Å²) in [5, 5.41) is 3.43. The zero-order valence-corrected chi connectivity index (χ0v) is 8.82. The Morgan fingerprint density at radius 1 is 1.60 bits per heavy atom. The van der Waals surface area contributed by atoms with E-state index in [1.807, 2.05) is 0 Å². The predicted octanol–water partition coefficient (Wildman–Crippen LogP) is 1.89. The third kappa shape index (κ3) is 3.19. The molecule has 2 N–H and O–H groups in total. The largest absolute Gasteiger partial charge is 0.435 e. The molecule has 0 spiro atoms. The van der Waals surface area contributed by atoms with Crippen molar-refractivity contribution in [2.24, 2.45) is 5.73 Å². The van der Waals surface area contributed by atoms with E-state index >= 15 is 0 Å². The van der Waals surface area contributed by atoms with Gasteiger partial charge in [0.05, 0.1) is 4.99 Å². The molecule has 1 aromatic rings. The molecule has 0 aromatic carbocycles. The van der Waals surface area contributed by atoms with Crippen molar-refractivity contribution in [3.05, 3.63) is 17.5 Å². The lowest BCUT2D eigenvalue weighted by molar-refractivity contribution is -0.141. The van der Waals surface area contributed by atoms with E-state index in [1.165, 1.54) is 4.68 Å². The molecule has 15 heavy (non-hydrogen) atoms. The second kappa shape index (κ2) is 4.18. The molecule has 1 rings (SSSR count). The molecule has 0 bridgehead atoms. The number of aryl methyl sites for hydroxylation is 2. The minimum absolute atomic E-state index is 0.262. The highest BCUT2D eigenvalue weighted by atomic mass is 32.1. The second-order valence-electron chi connectivity index (χ2n) is 3.11. The van der Waals surface area contributed by atoms with E-state index in [9.17, 15) is 13.2 Å². The van der Waals surface area contributed by atoms with E-state index in [-0.39, 0.29) is 11.5 Å². The monoisotopic (exact) mass is 237 g/mol. The maximum Gasteiger partial charge on any atom is 0.435 e. The Labute approximate surface area is 90.1 Å². The number of rotatable bonds is 3. The van der Waals surface area contributed by atoms with E-state index in [0.29, 0.717) is 12.1 Å². The predicted molar refractivity (Wildman–Crippen MR) is 53.4 cm³/mol. The maximum atomic E-state index is 12.3. The number of nitrogens with two attached hydrogens (primary N) is 1. The molecule has 3 nitrogen and oxygen atoms in total. The maximum absolute atomic E-state index is 12.3. The fourth-order valence-electron chi connectivity index (χ4n) is 1.09. The van der Waals surface area contributed by atoms with Gasteiger partial charge >= 0.3 is 6.18 Å². The highest BCUT2D eigenvalue weighted by Gasteiger charge is 2.34. The number of alkyl halides is 3. The van der Waals surface area contributed by atoms with Crippen molar-refractivity contribution in [1.29, 1.82) is 0 Å². The summed E-state index contributed by atoms with van der Waals surface area (Å²) in [5.41, 5.74) is 4.81. The fourth-order valence-corrected chi connectivity index (χ4v) is 1.18. The molecule has 1 heterocycles. The fraction of sp³-hybridized carbons (Fsp3) is 0.500. The Morgan fingerprint density at radius 2 is 2.20 bits per heavy atom. The number of aromatic nitrogens is 2. The highest BCUT2D eigenvalue weighted by molar-refractivity contribution is 7.80. The Morgan fingerprint density at radius 3 is 2.60 bits per heavy atom. The van der Waals surface area contributed by atoms with Crippen LogP contribution in [0.2, 0.25) is 0 Å². The van der Waals surface area contributed by atoms with Gasteiger partial charge in [0.25, 0.3) is 0 Å². The Kier molecular flexibility index (Phi) is 3.33. The average molecular weight is 237 g/mol. The third-order valence-corrected chi connectivity index (χ3v) is 2.05. The number of thiocarbonyl (C=S) groups is 1. The smallest absolute Gasteiger partial charge is 0.393 e. The molecule has 1 aromatic heterocycles. The quantitative estimate of drug-likeness (QED) is 0.816. The van der Waals surface area contributed by atoms with Crippen LogP contribution in [0, 0.1) is 6.92 Å². The molecule has 0 saturated heterocycles. The van der Waals surface area contributed by atoms with Gasteiger partial charge in [-0.1, -0.05) is 12.2 Å². The minimum atomic E-state index is -4.40. The number of hydrogen-bond acceptors (Lipinski definition) is 2. The van der Waals surface area contributed by atoms with E-state index in [0.717, 1.165) is 6.07 Å². The van der Waals surface area contributed by atoms with Gasteiger partial charge in [0.1, 0.15) is 0 Å². The third-order valence-electron chi connectivity index (χ3n) is 1.84. The van der Waals surface area contributed by atoms with Crippen LogP contribution in [-0.4, -0.2) is 14.8 Å². The molecule has 0 saturated carbocycles.